The molecule has 0 aliphatic rings. The van der Waals surface area contributed by atoms with Crippen molar-refractivity contribution in [1.29, 1.82) is 0 Å². The lowest BCUT2D eigenvalue weighted by molar-refractivity contribution is 1.16. The molecule has 0 atom stereocenters. The first kappa shape index (κ1) is 13.2. The monoisotopic (exact) mass is 277 g/mol. The standard InChI is InChI=1S/C19H18P/c1-2-16-10-9-15-19(16)20(17-11-5-3-6-12-17)18-13-7-4-8-14-18/h3-15H,2H2,1H3/q-1. The lowest BCUT2D eigenvalue weighted by Crippen LogP contribution is -2.21. The highest BCUT2D eigenvalue weighted by Gasteiger charge is 2.14. The molecule has 0 saturated heterocycles. The summed E-state index contributed by atoms with van der Waals surface area (Å²) in [6.45, 7) is 2.24. The topological polar surface area (TPSA) is 0 Å². The summed E-state index contributed by atoms with van der Waals surface area (Å²) in [5, 5.41) is 4.35. The van der Waals surface area contributed by atoms with Gasteiger partial charge < -0.3 is 0 Å². The van der Waals surface area contributed by atoms with Gasteiger partial charge in [-0.25, -0.2) is 12.1 Å². The fourth-order valence-corrected chi connectivity index (χ4v) is 5.10. The zero-order chi connectivity index (χ0) is 13.8. The molecule has 20 heavy (non-hydrogen) atoms. The SMILES string of the molecule is CC[c-]1cccc1P(c1ccccc1)c1ccccc1. The molecule has 0 amide bonds. The van der Waals surface area contributed by atoms with E-state index in [9.17, 15) is 0 Å². The molecule has 0 aliphatic carbocycles. The second-order valence-corrected chi connectivity index (χ2v) is 6.98. The molecule has 0 fully saturated rings. The van der Waals surface area contributed by atoms with E-state index in [1.165, 1.54) is 21.5 Å². The first-order valence-electron chi connectivity index (χ1n) is 7.05. The van der Waals surface area contributed by atoms with Gasteiger partial charge in [-0.2, -0.15) is 6.07 Å². The summed E-state index contributed by atoms with van der Waals surface area (Å²) >= 11 is 0. The van der Waals surface area contributed by atoms with Gasteiger partial charge in [0.25, 0.3) is 0 Å². The van der Waals surface area contributed by atoms with E-state index in [-0.39, 0.29) is 0 Å². The van der Waals surface area contributed by atoms with Crippen molar-refractivity contribution in [3.05, 3.63) is 84.4 Å². The molecule has 0 nitrogen and oxygen atoms in total. The maximum absolute atomic E-state index is 2.30. The largest absolute Gasteiger partial charge is 0.213 e. The third-order valence-corrected chi connectivity index (χ3v) is 6.08. The van der Waals surface area contributed by atoms with Gasteiger partial charge in [0, 0.05) is 0 Å². The third kappa shape index (κ3) is 2.57. The van der Waals surface area contributed by atoms with Crippen LogP contribution in [0.4, 0.5) is 0 Å². The van der Waals surface area contributed by atoms with E-state index in [4.69, 9.17) is 0 Å². The van der Waals surface area contributed by atoms with Gasteiger partial charge in [-0.15, -0.1) is 10.9 Å². The molecule has 100 valence electrons. The van der Waals surface area contributed by atoms with Gasteiger partial charge in [-0.05, 0) is 18.5 Å². The van der Waals surface area contributed by atoms with Crippen LogP contribution in [0.2, 0.25) is 0 Å². The Hall–Kier alpha value is -1.78. The smallest absolute Gasteiger partial charge is 0.0171 e. The quantitative estimate of drug-likeness (QED) is 0.503. The van der Waals surface area contributed by atoms with Gasteiger partial charge >= 0.3 is 0 Å². The van der Waals surface area contributed by atoms with Gasteiger partial charge in [-0.1, -0.05) is 74.0 Å². The molecular weight excluding hydrogens is 259 g/mol. The average Bonchev–Trinajstić information content (AvgIpc) is 2.98. The number of hydrogen-bond donors (Lipinski definition) is 0. The van der Waals surface area contributed by atoms with E-state index < -0.39 is 7.92 Å². The molecule has 0 unspecified atom stereocenters. The zero-order valence-electron chi connectivity index (χ0n) is 11.7. The highest BCUT2D eigenvalue weighted by molar-refractivity contribution is 7.79. The Morgan fingerprint density at radius 3 is 1.80 bits per heavy atom. The lowest BCUT2D eigenvalue weighted by Gasteiger charge is -2.24. The molecule has 1 heteroatoms. The Bertz CT molecular complexity index is 613. The fraction of sp³-hybridized carbons (Fsp3) is 0.105. The molecule has 0 saturated carbocycles. The minimum absolute atomic E-state index is 0.436. The van der Waals surface area contributed by atoms with Crippen LogP contribution < -0.4 is 15.9 Å². The molecule has 3 rings (SSSR count). The van der Waals surface area contributed by atoms with Crippen LogP contribution in [0.5, 0.6) is 0 Å². The Balaban J connectivity index is 2.14. The Labute approximate surface area is 122 Å². The summed E-state index contributed by atoms with van der Waals surface area (Å²) in [5.74, 6) is 0. The van der Waals surface area contributed by atoms with Crippen molar-refractivity contribution < 1.29 is 0 Å². The fourth-order valence-electron chi connectivity index (χ4n) is 2.55. The highest BCUT2D eigenvalue weighted by Crippen LogP contribution is 2.34. The Morgan fingerprint density at radius 1 is 0.750 bits per heavy atom. The number of hydrogen-bond acceptors (Lipinski definition) is 0. The maximum atomic E-state index is 2.30. The molecule has 0 bridgehead atoms. The van der Waals surface area contributed by atoms with Crippen LogP contribution >= 0.6 is 7.92 Å². The second-order valence-electron chi connectivity index (χ2n) is 4.80. The summed E-state index contributed by atoms with van der Waals surface area (Å²) in [6.07, 6.45) is 1.10. The molecule has 0 aromatic heterocycles. The van der Waals surface area contributed by atoms with Crippen molar-refractivity contribution in [2.24, 2.45) is 0 Å². The molecule has 0 aliphatic heterocycles. The molecule has 3 aromatic carbocycles. The number of benzene rings is 2. The van der Waals surface area contributed by atoms with Crippen molar-refractivity contribution in [1.82, 2.24) is 0 Å². The molecule has 0 radical (unpaired) electrons. The third-order valence-electron chi connectivity index (χ3n) is 3.53. The van der Waals surface area contributed by atoms with Crippen LogP contribution in [0.3, 0.4) is 0 Å². The van der Waals surface area contributed by atoms with Crippen LogP contribution in [-0.2, 0) is 6.42 Å². The molecule has 0 heterocycles. The summed E-state index contributed by atoms with van der Waals surface area (Å²) in [7, 11) is -0.436. The van der Waals surface area contributed by atoms with Crippen molar-refractivity contribution >= 4 is 23.8 Å². The summed E-state index contributed by atoms with van der Waals surface area (Å²) in [6, 6.07) is 28.5. The normalized spacial score (nSPS) is 10.9. The Morgan fingerprint density at radius 2 is 1.30 bits per heavy atom. The van der Waals surface area contributed by atoms with Gasteiger partial charge in [0.15, 0.2) is 0 Å². The first-order chi connectivity index (χ1) is 9.90. The van der Waals surface area contributed by atoms with E-state index in [0.717, 1.165) is 6.42 Å². The average molecular weight is 277 g/mol. The van der Waals surface area contributed by atoms with Crippen LogP contribution in [0.1, 0.15) is 12.5 Å². The van der Waals surface area contributed by atoms with Crippen molar-refractivity contribution in [2.75, 3.05) is 0 Å². The van der Waals surface area contributed by atoms with Crippen LogP contribution in [-0.4, -0.2) is 0 Å². The molecular formula is C19H18P-. The predicted molar refractivity (Wildman–Crippen MR) is 90.1 cm³/mol. The summed E-state index contributed by atoms with van der Waals surface area (Å²) < 4.78 is 0. The van der Waals surface area contributed by atoms with E-state index in [2.05, 4.69) is 85.8 Å². The van der Waals surface area contributed by atoms with Crippen molar-refractivity contribution in [3.8, 4) is 0 Å². The van der Waals surface area contributed by atoms with Gasteiger partial charge in [-0.3, -0.25) is 0 Å². The Kier molecular flexibility index (Phi) is 4.04. The van der Waals surface area contributed by atoms with E-state index in [1.54, 1.807) is 0 Å². The van der Waals surface area contributed by atoms with Crippen molar-refractivity contribution in [3.63, 3.8) is 0 Å². The van der Waals surface area contributed by atoms with Crippen LogP contribution in [0.15, 0.2) is 78.9 Å². The van der Waals surface area contributed by atoms with Crippen LogP contribution in [0, 0.1) is 0 Å². The lowest BCUT2D eigenvalue weighted by atomic mass is 10.3. The summed E-state index contributed by atoms with van der Waals surface area (Å²) in [4.78, 5) is 0. The minimum atomic E-state index is -0.436. The van der Waals surface area contributed by atoms with Gasteiger partial charge in [0.2, 0.25) is 0 Å². The first-order valence-corrected chi connectivity index (χ1v) is 8.39. The number of aryl methyl sites for hydroxylation is 1. The van der Waals surface area contributed by atoms with E-state index in [1.807, 2.05) is 0 Å². The van der Waals surface area contributed by atoms with E-state index in [0.29, 0.717) is 0 Å². The van der Waals surface area contributed by atoms with E-state index >= 15 is 0 Å². The van der Waals surface area contributed by atoms with Crippen LogP contribution in [0.25, 0.3) is 0 Å². The molecule has 0 spiro atoms. The maximum Gasteiger partial charge on any atom is -0.0171 e. The minimum Gasteiger partial charge on any atom is -0.213 e. The zero-order valence-corrected chi connectivity index (χ0v) is 12.6. The highest BCUT2D eigenvalue weighted by atomic mass is 31.1. The second kappa shape index (κ2) is 6.11. The van der Waals surface area contributed by atoms with Crippen molar-refractivity contribution in [2.45, 2.75) is 13.3 Å². The molecule has 3 aromatic rings. The van der Waals surface area contributed by atoms with Gasteiger partial charge in [0.1, 0.15) is 0 Å². The predicted octanol–water partition coefficient (Wildman–Crippen LogP) is 3.73. The van der Waals surface area contributed by atoms with Gasteiger partial charge in [0.05, 0.1) is 0 Å². The molecule has 0 N–H and O–H groups in total. The number of rotatable bonds is 4. The summed E-state index contributed by atoms with van der Waals surface area (Å²) in [5.41, 5.74) is 1.48.